The van der Waals surface area contributed by atoms with Gasteiger partial charge in [-0.15, -0.1) is 0 Å². The highest BCUT2D eigenvalue weighted by atomic mass is 79.9. The van der Waals surface area contributed by atoms with Crippen LogP contribution in [0.25, 0.3) is 0 Å². The van der Waals surface area contributed by atoms with Gasteiger partial charge < -0.3 is 14.9 Å². The molecule has 0 aromatic carbocycles. The van der Waals surface area contributed by atoms with Crippen LogP contribution >= 0.6 is 15.9 Å². The molecule has 0 spiro atoms. The monoisotopic (exact) mass is 313 g/mol. The van der Waals surface area contributed by atoms with Crippen molar-refractivity contribution in [3.63, 3.8) is 0 Å². The van der Waals surface area contributed by atoms with Crippen molar-refractivity contribution < 1.29 is 9.90 Å². The standard InChI is InChI=1S/C12H16BrN3O2/c1-12(2,3)16-9(14-11(17)18)7-15-6-8(13)4-5-10(15)16/h4-5,7,14H,6H2,1-3H3,(H,17,18). The molecule has 0 atom stereocenters. The van der Waals surface area contributed by atoms with Gasteiger partial charge in [0.05, 0.1) is 6.54 Å². The first-order valence-corrected chi connectivity index (χ1v) is 6.43. The summed E-state index contributed by atoms with van der Waals surface area (Å²) in [6, 6.07) is 0. The lowest BCUT2D eigenvalue weighted by Crippen LogP contribution is -2.44. The Bertz CT molecular complexity index is 474. The molecule has 2 aliphatic heterocycles. The van der Waals surface area contributed by atoms with Crippen LogP contribution in [0.1, 0.15) is 20.8 Å². The number of nitrogens with one attached hydrogen (secondary N) is 1. The molecule has 0 aromatic heterocycles. The second-order valence-electron chi connectivity index (χ2n) is 5.22. The number of nitrogens with zero attached hydrogens (tertiary/aromatic N) is 2. The molecule has 0 saturated heterocycles. The fourth-order valence-corrected chi connectivity index (χ4v) is 2.51. The van der Waals surface area contributed by atoms with Crippen LogP contribution in [0.15, 0.2) is 34.5 Å². The minimum absolute atomic E-state index is 0.202. The smallest absolute Gasteiger partial charge is 0.410 e. The molecular weight excluding hydrogens is 298 g/mol. The number of fused-ring (bicyclic) bond motifs is 1. The van der Waals surface area contributed by atoms with Gasteiger partial charge in [-0.05, 0) is 32.9 Å². The molecule has 2 rings (SSSR count). The molecule has 0 unspecified atom stereocenters. The molecule has 0 saturated carbocycles. The van der Waals surface area contributed by atoms with Crippen molar-refractivity contribution in [1.29, 1.82) is 0 Å². The molecule has 0 aromatic rings. The van der Waals surface area contributed by atoms with E-state index in [2.05, 4.69) is 21.2 Å². The maximum atomic E-state index is 10.9. The zero-order valence-electron chi connectivity index (χ0n) is 10.6. The molecule has 18 heavy (non-hydrogen) atoms. The van der Waals surface area contributed by atoms with Gasteiger partial charge >= 0.3 is 6.09 Å². The van der Waals surface area contributed by atoms with E-state index in [0.29, 0.717) is 12.4 Å². The van der Waals surface area contributed by atoms with E-state index in [0.717, 1.165) is 10.3 Å². The first kappa shape index (κ1) is 13.0. The van der Waals surface area contributed by atoms with Crippen molar-refractivity contribution in [3.8, 4) is 0 Å². The van der Waals surface area contributed by atoms with Crippen molar-refractivity contribution in [1.82, 2.24) is 15.1 Å². The Morgan fingerprint density at radius 3 is 2.67 bits per heavy atom. The summed E-state index contributed by atoms with van der Waals surface area (Å²) in [5.41, 5.74) is -0.202. The Balaban J connectivity index is 2.37. The maximum Gasteiger partial charge on any atom is 0.410 e. The SMILES string of the molecule is CC(C)(C)N1C(NC(=O)O)=CN2CC(Br)=CC=C21. The van der Waals surface area contributed by atoms with Gasteiger partial charge in [-0.2, -0.15) is 0 Å². The molecule has 2 aliphatic rings. The van der Waals surface area contributed by atoms with Crippen molar-refractivity contribution in [3.05, 3.63) is 34.5 Å². The van der Waals surface area contributed by atoms with Crippen LogP contribution in [-0.4, -0.2) is 33.1 Å². The molecule has 98 valence electrons. The van der Waals surface area contributed by atoms with Crippen LogP contribution in [0, 0.1) is 0 Å². The van der Waals surface area contributed by atoms with E-state index in [-0.39, 0.29) is 5.54 Å². The number of hydrogen-bond donors (Lipinski definition) is 2. The van der Waals surface area contributed by atoms with Gasteiger partial charge in [0.2, 0.25) is 0 Å². The van der Waals surface area contributed by atoms with E-state index in [9.17, 15) is 4.79 Å². The first-order valence-electron chi connectivity index (χ1n) is 5.64. The Hall–Kier alpha value is -1.43. The van der Waals surface area contributed by atoms with E-state index in [1.54, 1.807) is 0 Å². The minimum atomic E-state index is -1.05. The predicted octanol–water partition coefficient (Wildman–Crippen LogP) is 2.60. The number of carboxylic acid groups (broad SMARTS) is 1. The summed E-state index contributed by atoms with van der Waals surface area (Å²) in [5, 5.41) is 11.4. The zero-order chi connectivity index (χ0) is 13.5. The quantitative estimate of drug-likeness (QED) is 0.781. The van der Waals surface area contributed by atoms with Crippen molar-refractivity contribution in [2.45, 2.75) is 26.3 Å². The average Bonchev–Trinajstić information content (AvgIpc) is 2.52. The summed E-state index contributed by atoms with van der Waals surface area (Å²) in [4.78, 5) is 14.9. The number of allylic oxidation sites excluding steroid dienone is 2. The minimum Gasteiger partial charge on any atom is -0.465 e. The Morgan fingerprint density at radius 2 is 2.11 bits per heavy atom. The highest BCUT2D eigenvalue weighted by Crippen LogP contribution is 2.35. The number of amides is 1. The number of halogens is 1. The topological polar surface area (TPSA) is 55.8 Å². The van der Waals surface area contributed by atoms with Crippen molar-refractivity contribution in [2.24, 2.45) is 0 Å². The van der Waals surface area contributed by atoms with E-state index in [1.807, 2.05) is 48.9 Å². The Kier molecular flexibility index (Phi) is 3.14. The lowest BCUT2D eigenvalue weighted by molar-refractivity contribution is 0.178. The van der Waals surface area contributed by atoms with Gasteiger partial charge in [0, 0.05) is 16.2 Å². The van der Waals surface area contributed by atoms with Crippen molar-refractivity contribution >= 4 is 22.0 Å². The van der Waals surface area contributed by atoms with Crippen molar-refractivity contribution in [2.75, 3.05) is 6.54 Å². The van der Waals surface area contributed by atoms with Gasteiger partial charge in [-0.25, -0.2) is 4.79 Å². The Morgan fingerprint density at radius 1 is 1.44 bits per heavy atom. The third-order valence-electron chi connectivity index (χ3n) is 2.68. The lowest BCUT2D eigenvalue weighted by Gasteiger charge is -2.38. The summed E-state index contributed by atoms with van der Waals surface area (Å²) < 4.78 is 1.06. The summed E-state index contributed by atoms with van der Waals surface area (Å²) in [5.74, 6) is 1.56. The summed E-state index contributed by atoms with van der Waals surface area (Å²) in [6.45, 7) is 6.84. The van der Waals surface area contributed by atoms with Crippen LogP contribution in [-0.2, 0) is 0 Å². The normalized spacial score (nSPS) is 19.0. The number of rotatable bonds is 1. The van der Waals surface area contributed by atoms with Gasteiger partial charge in [0.25, 0.3) is 0 Å². The third kappa shape index (κ3) is 2.38. The molecule has 0 fully saturated rings. The summed E-state index contributed by atoms with van der Waals surface area (Å²) in [7, 11) is 0. The molecule has 6 heteroatoms. The third-order valence-corrected chi connectivity index (χ3v) is 3.20. The van der Waals surface area contributed by atoms with Crippen LogP contribution in [0.4, 0.5) is 4.79 Å². The molecule has 1 amide bonds. The fraction of sp³-hybridized carbons (Fsp3) is 0.417. The molecule has 0 aliphatic carbocycles. The molecule has 2 N–H and O–H groups in total. The second kappa shape index (κ2) is 4.35. The van der Waals surface area contributed by atoms with Crippen LogP contribution < -0.4 is 5.32 Å². The lowest BCUT2D eigenvalue weighted by atomic mass is 10.1. The largest absolute Gasteiger partial charge is 0.465 e. The molecule has 0 radical (unpaired) electrons. The van der Waals surface area contributed by atoms with Crippen LogP contribution in [0.3, 0.4) is 0 Å². The van der Waals surface area contributed by atoms with Crippen LogP contribution in [0.2, 0.25) is 0 Å². The molecule has 5 nitrogen and oxygen atoms in total. The fourth-order valence-electron chi connectivity index (χ4n) is 2.10. The highest BCUT2D eigenvalue weighted by Gasteiger charge is 2.36. The van der Waals surface area contributed by atoms with Gasteiger partial charge in [-0.1, -0.05) is 15.9 Å². The Labute approximate surface area is 115 Å². The van der Waals surface area contributed by atoms with E-state index in [4.69, 9.17) is 5.11 Å². The number of carbonyl (C=O) groups is 1. The van der Waals surface area contributed by atoms with E-state index < -0.39 is 6.09 Å². The van der Waals surface area contributed by atoms with Gasteiger partial charge in [0.1, 0.15) is 11.6 Å². The highest BCUT2D eigenvalue weighted by molar-refractivity contribution is 9.11. The van der Waals surface area contributed by atoms with Crippen LogP contribution in [0.5, 0.6) is 0 Å². The van der Waals surface area contributed by atoms with E-state index >= 15 is 0 Å². The maximum absolute atomic E-state index is 10.9. The predicted molar refractivity (Wildman–Crippen MR) is 72.6 cm³/mol. The second-order valence-corrected chi connectivity index (χ2v) is 6.24. The zero-order valence-corrected chi connectivity index (χ0v) is 12.2. The summed E-state index contributed by atoms with van der Waals surface area (Å²) in [6.07, 6.45) is 4.73. The van der Waals surface area contributed by atoms with Gasteiger partial charge in [-0.3, -0.25) is 5.32 Å². The molecule has 2 heterocycles. The van der Waals surface area contributed by atoms with E-state index in [1.165, 1.54) is 0 Å². The summed E-state index contributed by atoms with van der Waals surface area (Å²) >= 11 is 3.46. The first-order chi connectivity index (χ1) is 8.29. The molecular formula is C12H16BrN3O2. The molecule has 0 bridgehead atoms. The van der Waals surface area contributed by atoms with Gasteiger partial charge in [0.15, 0.2) is 0 Å². The number of hydrogen-bond acceptors (Lipinski definition) is 3. The average molecular weight is 314 g/mol.